The molecule has 1 nitrogen and oxygen atoms in total. The Morgan fingerprint density at radius 3 is 1.50 bits per heavy atom. The van der Waals surface area contributed by atoms with Crippen molar-refractivity contribution in [2.75, 3.05) is 0 Å². The van der Waals surface area contributed by atoms with Gasteiger partial charge in [-0.05, 0) is 12.1 Å². The molecule has 1 rings (SSSR count). The van der Waals surface area contributed by atoms with Crippen LogP contribution in [0.1, 0.15) is 0 Å². The average Bonchev–Trinajstić information content (AvgIpc) is 1.72. The summed E-state index contributed by atoms with van der Waals surface area (Å²) in [6.45, 7) is 0. The molecule has 0 saturated heterocycles. The summed E-state index contributed by atoms with van der Waals surface area (Å²) >= 11 is 0. The largest absolute Gasteiger partial charge is 0.358 e. The maximum atomic E-state index is 3.78. The minimum Gasteiger partial charge on any atom is -0.358 e. The molecule has 0 aliphatic heterocycles. The van der Waals surface area contributed by atoms with Crippen LogP contribution in [0.3, 0.4) is 0 Å². The molecule has 0 radical (unpaired) electrons. The second kappa shape index (κ2) is 6.81. The first-order chi connectivity index (χ1) is 3.00. The molecule has 1 aromatic heterocycles. The Bertz CT molecular complexity index is 80.5. The van der Waals surface area contributed by atoms with Crippen LogP contribution in [0.25, 0.3) is 0 Å². The van der Waals surface area contributed by atoms with E-state index in [1.54, 1.807) is 12.4 Å². The van der Waals surface area contributed by atoms with E-state index in [0.29, 0.717) is 0 Å². The third kappa shape index (κ3) is 3.98. The molecular weight excluding hydrogens is 192 g/mol. The van der Waals surface area contributed by atoms with Gasteiger partial charge in [-0.15, -0.1) is 0 Å². The Kier molecular flexibility index (Phi) is 9.14. The van der Waals surface area contributed by atoms with Gasteiger partial charge >= 0.3 is 0 Å². The van der Waals surface area contributed by atoms with Crippen molar-refractivity contribution in [2.24, 2.45) is 0 Å². The van der Waals surface area contributed by atoms with Crippen LogP contribution in [0.5, 0.6) is 0 Å². The minimum absolute atomic E-state index is 0. The van der Waals surface area contributed by atoms with Crippen molar-refractivity contribution in [1.29, 1.82) is 0 Å². The number of hydrogen-bond donors (Lipinski definition) is 0. The van der Waals surface area contributed by atoms with Gasteiger partial charge < -0.3 is 7.43 Å². The first kappa shape index (κ1) is 10.7. The van der Waals surface area contributed by atoms with E-state index in [1.165, 1.54) is 0 Å². The summed E-state index contributed by atoms with van der Waals surface area (Å²) in [4.78, 5) is 3.78. The molecule has 1 aromatic rings. The van der Waals surface area contributed by atoms with Crippen molar-refractivity contribution in [3.05, 3.63) is 38.0 Å². The Morgan fingerprint density at radius 2 is 1.38 bits per heavy atom. The molecule has 0 fully saturated rings. The standard InChI is InChI=1S/C5H5N.CH3.Pd/c1-2-4-6-5-3-1;;/h1-5H;1H3;/q;-1;. The van der Waals surface area contributed by atoms with Gasteiger partial charge in [0, 0.05) is 32.8 Å². The fourth-order valence-electron chi connectivity index (χ4n) is 0.313. The van der Waals surface area contributed by atoms with Crippen LogP contribution in [0.15, 0.2) is 30.6 Å². The summed E-state index contributed by atoms with van der Waals surface area (Å²) in [7, 11) is 0. The normalized spacial score (nSPS) is 6.00. The fourth-order valence-corrected chi connectivity index (χ4v) is 0.313. The summed E-state index contributed by atoms with van der Waals surface area (Å²) in [5.74, 6) is 0. The van der Waals surface area contributed by atoms with Gasteiger partial charge in [-0.2, -0.15) is 0 Å². The third-order valence-electron chi connectivity index (χ3n) is 0.566. The van der Waals surface area contributed by atoms with E-state index in [0.717, 1.165) is 0 Å². The molecule has 0 aliphatic rings. The summed E-state index contributed by atoms with van der Waals surface area (Å²) in [5, 5.41) is 0. The summed E-state index contributed by atoms with van der Waals surface area (Å²) in [6, 6.07) is 5.72. The van der Waals surface area contributed by atoms with Crippen molar-refractivity contribution in [1.82, 2.24) is 4.98 Å². The quantitative estimate of drug-likeness (QED) is 0.457. The van der Waals surface area contributed by atoms with Gasteiger partial charge in [0.15, 0.2) is 0 Å². The monoisotopic (exact) mass is 200 g/mol. The van der Waals surface area contributed by atoms with Crippen molar-refractivity contribution in [3.63, 3.8) is 0 Å². The summed E-state index contributed by atoms with van der Waals surface area (Å²) in [5.41, 5.74) is 0. The third-order valence-corrected chi connectivity index (χ3v) is 0.566. The maximum Gasteiger partial charge on any atom is 0.0267 e. The molecular formula is C6H8NPd-. The average molecular weight is 201 g/mol. The first-order valence-corrected chi connectivity index (χ1v) is 1.85. The minimum atomic E-state index is 0. The maximum absolute atomic E-state index is 3.78. The second-order valence-corrected chi connectivity index (χ2v) is 1.02. The van der Waals surface area contributed by atoms with Crippen LogP contribution in [-0.4, -0.2) is 4.98 Å². The van der Waals surface area contributed by atoms with E-state index in [1.807, 2.05) is 18.2 Å². The van der Waals surface area contributed by atoms with E-state index in [9.17, 15) is 0 Å². The molecule has 0 aliphatic carbocycles. The Hall–Kier alpha value is -0.188. The van der Waals surface area contributed by atoms with E-state index in [2.05, 4.69) is 4.98 Å². The zero-order valence-corrected chi connectivity index (χ0v) is 6.20. The molecule has 48 valence electrons. The van der Waals surface area contributed by atoms with Crippen LogP contribution in [0, 0.1) is 7.43 Å². The van der Waals surface area contributed by atoms with Crippen molar-refractivity contribution in [3.8, 4) is 0 Å². The van der Waals surface area contributed by atoms with E-state index >= 15 is 0 Å². The van der Waals surface area contributed by atoms with Gasteiger partial charge in [-0.1, -0.05) is 6.07 Å². The van der Waals surface area contributed by atoms with Gasteiger partial charge in [0.2, 0.25) is 0 Å². The molecule has 0 bridgehead atoms. The molecule has 0 spiro atoms. The van der Waals surface area contributed by atoms with Crippen LogP contribution >= 0.6 is 0 Å². The van der Waals surface area contributed by atoms with E-state index < -0.39 is 0 Å². The topological polar surface area (TPSA) is 12.9 Å². The number of nitrogens with zero attached hydrogens (tertiary/aromatic N) is 1. The summed E-state index contributed by atoms with van der Waals surface area (Å²) in [6.07, 6.45) is 3.50. The molecule has 0 unspecified atom stereocenters. The molecule has 0 aromatic carbocycles. The van der Waals surface area contributed by atoms with Crippen molar-refractivity contribution < 1.29 is 20.4 Å². The SMILES string of the molecule is [CH3-].[Pd].c1ccncc1. The van der Waals surface area contributed by atoms with E-state index in [-0.39, 0.29) is 27.8 Å². The number of rotatable bonds is 0. The summed E-state index contributed by atoms with van der Waals surface area (Å²) < 4.78 is 0. The molecule has 8 heavy (non-hydrogen) atoms. The Labute approximate surface area is 63.8 Å². The molecule has 0 atom stereocenters. The number of pyridine rings is 1. The van der Waals surface area contributed by atoms with Crippen LogP contribution in [0.2, 0.25) is 0 Å². The van der Waals surface area contributed by atoms with Gasteiger partial charge in [0.1, 0.15) is 0 Å². The molecule has 0 N–H and O–H groups in total. The van der Waals surface area contributed by atoms with Crippen LogP contribution in [-0.2, 0) is 20.4 Å². The number of aromatic nitrogens is 1. The molecule has 2 heteroatoms. The van der Waals surface area contributed by atoms with Crippen LogP contribution in [0.4, 0.5) is 0 Å². The smallest absolute Gasteiger partial charge is 0.0267 e. The first-order valence-electron chi connectivity index (χ1n) is 1.85. The van der Waals surface area contributed by atoms with Gasteiger partial charge in [0.05, 0.1) is 0 Å². The van der Waals surface area contributed by atoms with Crippen molar-refractivity contribution in [2.45, 2.75) is 0 Å². The van der Waals surface area contributed by atoms with Crippen LogP contribution < -0.4 is 0 Å². The number of hydrogen-bond acceptors (Lipinski definition) is 1. The van der Waals surface area contributed by atoms with Gasteiger partial charge in [0.25, 0.3) is 0 Å². The fraction of sp³-hybridized carbons (Fsp3) is 0. The predicted molar refractivity (Wildman–Crippen MR) is 30.7 cm³/mol. The Morgan fingerprint density at radius 1 is 0.875 bits per heavy atom. The second-order valence-electron chi connectivity index (χ2n) is 1.02. The predicted octanol–water partition coefficient (Wildman–Crippen LogP) is 1.53. The zero-order valence-electron chi connectivity index (χ0n) is 4.65. The zero-order chi connectivity index (χ0) is 4.24. The molecule has 0 saturated carbocycles. The Balaban J connectivity index is 0. The molecule has 0 amide bonds. The van der Waals surface area contributed by atoms with Crippen molar-refractivity contribution >= 4 is 0 Å². The van der Waals surface area contributed by atoms with Gasteiger partial charge in [-0.3, -0.25) is 4.98 Å². The van der Waals surface area contributed by atoms with E-state index in [4.69, 9.17) is 0 Å². The van der Waals surface area contributed by atoms with Gasteiger partial charge in [-0.25, -0.2) is 0 Å². The molecule has 1 heterocycles.